The van der Waals surface area contributed by atoms with Crippen molar-refractivity contribution in [1.82, 2.24) is 14.9 Å². The smallest absolute Gasteiger partial charge is 0.229 e. The number of hydrogen-bond donors (Lipinski definition) is 2. The van der Waals surface area contributed by atoms with E-state index in [0.29, 0.717) is 18.1 Å². The lowest BCUT2D eigenvalue weighted by atomic mass is 9.96. The molecule has 2 N–H and O–H groups in total. The van der Waals surface area contributed by atoms with Crippen LogP contribution in [0.3, 0.4) is 0 Å². The Morgan fingerprint density at radius 1 is 1.18 bits per heavy atom. The molecule has 2 amide bonds. The fourth-order valence-electron chi connectivity index (χ4n) is 3.84. The van der Waals surface area contributed by atoms with Crippen LogP contribution >= 0.6 is 0 Å². The van der Waals surface area contributed by atoms with Crippen molar-refractivity contribution in [3.63, 3.8) is 0 Å². The highest BCUT2D eigenvalue weighted by atomic mass is 16.3. The Labute approximate surface area is 162 Å². The van der Waals surface area contributed by atoms with E-state index in [2.05, 4.69) is 15.3 Å². The van der Waals surface area contributed by atoms with E-state index >= 15 is 0 Å². The Kier molecular flexibility index (Phi) is 4.15. The summed E-state index contributed by atoms with van der Waals surface area (Å²) in [5.74, 6) is 1.57. The molecule has 1 aliphatic carbocycles. The van der Waals surface area contributed by atoms with Crippen LogP contribution in [-0.4, -0.2) is 39.8 Å². The molecule has 1 aromatic carbocycles. The van der Waals surface area contributed by atoms with Gasteiger partial charge >= 0.3 is 0 Å². The molecule has 3 heterocycles. The van der Waals surface area contributed by atoms with Gasteiger partial charge in [-0.05, 0) is 56.0 Å². The predicted octanol–water partition coefficient (Wildman–Crippen LogP) is 3.41. The molecule has 0 spiro atoms. The molecular formula is C21H22N4O3. The SMILES string of the molecule is O=C(Nc1ccc2nc(-c3ccco3)[nH]c2c1)C1CCCN(C(=O)C2CC2)C1. The number of carbonyl (C=O) groups excluding carboxylic acids is 2. The number of nitrogens with one attached hydrogen (secondary N) is 2. The zero-order valence-electron chi connectivity index (χ0n) is 15.5. The van der Waals surface area contributed by atoms with E-state index in [4.69, 9.17) is 4.42 Å². The van der Waals surface area contributed by atoms with Crippen LogP contribution in [0.1, 0.15) is 25.7 Å². The van der Waals surface area contributed by atoms with E-state index in [1.165, 1.54) is 0 Å². The lowest BCUT2D eigenvalue weighted by Gasteiger charge is -2.32. The van der Waals surface area contributed by atoms with E-state index < -0.39 is 0 Å². The number of benzene rings is 1. The van der Waals surface area contributed by atoms with Crippen LogP contribution in [0, 0.1) is 11.8 Å². The Hall–Kier alpha value is -3.09. The zero-order chi connectivity index (χ0) is 19.1. The maximum atomic E-state index is 12.8. The maximum Gasteiger partial charge on any atom is 0.229 e. The Morgan fingerprint density at radius 3 is 2.86 bits per heavy atom. The Bertz CT molecular complexity index is 1020. The van der Waals surface area contributed by atoms with Gasteiger partial charge in [-0.15, -0.1) is 0 Å². The monoisotopic (exact) mass is 378 g/mol. The highest BCUT2D eigenvalue weighted by molar-refractivity contribution is 5.95. The molecule has 7 nitrogen and oxygen atoms in total. The van der Waals surface area contributed by atoms with Gasteiger partial charge in [-0.3, -0.25) is 9.59 Å². The first-order chi connectivity index (χ1) is 13.7. The highest BCUT2D eigenvalue weighted by Gasteiger charge is 2.36. The van der Waals surface area contributed by atoms with Crippen LogP contribution in [0.5, 0.6) is 0 Å². The molecular weight excluding hydrogens is 356 g/mol. The second kappa shape index (κ2) is 6.82. The summed E-state index contributed by atoms with van der Waals surface area (Å²) < 4.78 is 5.38. The minimum Gasteiger partial charge on any atom is -0.461 e. The second-order valence-electron chi connectivity index (χ2n) is 7.68. The topological polar surface area (TPSA) is 91.2 Å². The molecule has 1 aliphatic heterocycles. The first-order valence-electron chi connectivity index (χ1n) is 9.81. The number of nitrogens with zero attached hydrogens (tertiary/aromatic N) is 2. The van der Waals surface area contributed by atoms with Gasteiger partial charge in [-0.1, -0.05) is 0 Å². The van der Waals surface area contributed by atoms with Crippen molar-refractivity contribution < 1.29 is 14.0 Å². The van der Waals surface area contributed by atoms with Crippen molar-refractivity contribution in [1.29, 1.82) is 0 Å². The van der Waals surface area contributed by atoms with Crippen molar-refractivity contribution >= 4 is 28.5 Å². The molecule has 3 aromatic rings. The summed E-state index contributed by atoms with van der Waals surface area (Å²) in [6.45, 7) is 1.30. The lowest BCUT2D eigenvalue weighted by molar-refractivity contribution is -0.135. The Balaban J connectivity index is 1.29. The average Bonchev–Trinajstić information content (AvgIpc) is 3.25. The van der Waals surface area contributed by atoms with Crippen LogP contribution in [-0.2, 0) is 9.59 Å². The van der Waals surface area contributed by atoms with Crippen LogP contribution in [0.25, 0.3) is 22.6 Å². The van der Waals surface area contributed by atoms with Crippen LogP contribution in [0.15, 0.2) is 41.0 Å². The van der Waals surface area contributed by atoms with Gasteiger partial charge in [0, 0.05) is 24.7 Å². The van der Waals surface area contributed by atoms with Crippen LogP contribution in [0.4, 0.5) is 5.69 Å². The van der Waals surface area contributed by atoms with Gasteiger partial charge in [0.05, 0.1) is 23.2 Å². The average molecular weight is 378 g/mol. The number of amides is 2. The van der Waals surface area contributed by atoms with E-state index in [1.54, 1.807) is 6.26 Å². The van der Waals surface area contributed by atoms with Gasteiger partial charge in [0.25, 0.3) is 0 Å². The molecule has 0 radical (unpaired) electrons. The summed E-state index contributed by atoms with van der Waals surface area (Å²) in [6.07, 6.45) is 5.29. The molecule has 144 valence electrons. The van der Waals surface area contributed by atoms with E-state index in [-0.39, 0.29) is 23.7 Å². The van der Waals surface area contributed by atoms with E-state index in [1.807, 2.05) is 35.2 Å². The molecule has 2 aromatic heterocycles. The molecule has 2 fully saturated rings. The number of hydrogen-bond acceptors (Lipinski definition) is 4. The summed E-state index contributed by atoms with van der Waals surface area (Å²) in [5, 5.41) is 3.00. The molecule has 5 rings (SSSR count). The van der Waals surface area contributed by atoms with Gasteiger partial charge in [0.1, 0.15) is 0 Å². The van der Waals surface area contributed by atoms with Crippen LogP contribution in [0.2, 0.25) is 0 Å². The number of carbonyl (C=O) groups is 2. The number of rotatable bonds is 4. The first-order valence-corrected chi connectivity index (χ1v) is 9.81. The van der Waals surface area contributed by atoms with Gasteiger partial charge < -0.3 is 19.6 Å². The van der Waals surface area contributed by atoms with E-state index in [0.717, 1.165) is 48.9 Å². The maximum absolute atomic E-state index is 12.8. The number of H-pyrrole nitrogens is 1. The van der Waals surface area contributed by atoms with Crippen molar-refractivity contribution in [2.75, 3.05) is 18.4 Å². The number of likely N-dealkylation sites (tertiary alicyclic amines) is 1. The molecule has 28 heavy (non-hydrogen) atoms. The summed E-state index contributed by atoms with van der Waals surface area (Å²) in [7, 11) is 0. The van der Waals surface area contributed by atoms with Gasteiger partial charge in [-0.25, -0.2) is 4.98 Å². The molecule has 7 heteroatoms. The van der Waals surface area contributed by atoms with Crippen molar-refractivity contribution in [3.8, 4) is 11.6 Å². The molecule has 1 atom stereocenters. The van der Waals surface area contributed by atoms with Gasteiger partial charge in [0.15, 0.2) is 11.6 Å². The summed E-state index contributed by atoms with van der Waals surface area (Å²) >= 11 is 0. The molecule has 1 saturated heterocycles. The number of aromatic amines is 1. The first kappa shape index (κ1) is 17.0. The van der Waals surface area contributed by atoms with Gasteiger partial charge in [-0.2, -0.15) is 0 Å². The number of furan rings is 1. The predicted molar refractivity (Wildman–Crippen MR) is 104 cm³/mol. The third kappa shape index (κ3) is 3.28. The summed E-state index contributed by atoms with van der Waals surface area (Å²) in [6, 6.07) is 9.26. The number of piperidine rings is 1. The standard InChI is InChI=1S/C21H22N4O3/c26-20(14-3-1-9-25(12-14)21(27)13-5-6-13)22-15-7-8-16-17(11-15)24-19(23-16)18-4-2-10-28-18/h2,4,7-8,10-11,13-14H,1,3,5-6,9,12H2,(H,22,26)(H,23,24). The molecule has 0 bridgehead atoms. The van der Waals surface area contributed by atoms with Crippen LogP contribution < -0.4 is 5.32 Å². The fraction of sp³-hybridized carbons (Fsp3) is 0.381. The highest BCUT2D eigenvalue weighted by Crippen LogP contribution is 2.32. The molecule has 1 unspecified atom stereocenters. The Morgan fingerprint density at radius 2 is 2.07 bits per heavy atom. The quantitative estimate of drug-likeness (QED) is 0.728. The van der Waals surface area contributed by atoms with E-state index in [9.17, 15) is 9.59 Å². The minimum atomic E-state index is -0.160. The minimum absolute atomic E-state index is 0.0292. The van der Waals surface area contributed by atoms with Gasteiger partial charge in [0.2, 0.25) is 11.8 Å². The second-order valence-corrected chi connectivity index (χ2v) is 7.68. The number of aromatic nitrogens is 2. The zero-order valence-corrected chi connectivity index (χ0v) is 15.5. The number of fused-ring (bicyclic) bond motifs is 1. The largest absolute Gasteiger partial charge is 0.461 e. The molecule has 1 saturated carbocycles. The van der Waals surface area contributed by atoms with Crippen molar-refractivity contribution in [2.24, 2.45) is 11.8 Å². The fourth-order valence-corrected chi connectivity index (χ4v) is 3.84. The van der Waals surface area contributed by atoms with Crippen molar-refractivity contribution in [2.45, 2.75) is 25.7 Å². The molecule has 2 aliphatic rings. The van der Waals surface area contributed by atoms with Crippen molar-refractivity contribution in [3.05, 3.63) is 36.6 Å². The summed E-state index contributed by atoms with van der Waals surface area (Å²) in [5.41, 5.74) is 2.36. The third-order valence-electron chi connectivity index (χ3n) is 5.53. The normalized spacial score (nSPS) is 19.7. The number of imidazole rings is 1. The summed E-state index contributed by atoms with van der Waals surface area (Å²) in [4.78, 5) is 34.7. The third-order valence-corrected chi connectivity index (χ3v) is 5.53. The lowest BCUT2D eigenvalue weighted by Crippen LogP contribution is -2.44. The number of anilines is 1.